The maximum Gasteiger partial charge on any atom is 0.0419 e. The standard InChI is InChI=1S/C15H19N3/c1-12-6-2-3-7-13(12)10-15(18-16)11-14-8-4-5-9-17-14/h2-9,15,18H,10-11,16H2,1H3. The number of aromatic nitrogens is 1. The van der Waals surface area contributed by atoms with Gasteiger partial charge in [-0.05, 0) is 36.6 Å². The number of nitrogens with zero attached hydrogens (tertiary/aromatic N) is 1. The SMILES string of the molecule is Cc1ccccc1CC(Cc1ccccn1)NN. The molecule has 0 radical (unpaired) electrons. The van der Waals surface area contributed by atoms with Crippen molar-refractivity contribution in [3.8, 4) is 0 Å². The number of rotatable bonds is 5. The number of hydrazine groups is 1. The van der Waals surface area contributed by atoms with Crippen molar-refractivity contribution >= 4 is 0 Å². The van der Waals surface area contributed by atoms with Crippen LogP contribution in [0.4, 0.5) is 0 Å². The summed E-state index contributed by atoms with van der Waals surface area (Å²) in [5, 5.41) is 0. The number of benzene rings is 1. The van der Waals surface area contributed by atoms with Gasteiger partial charge in [0.05, 0.1) is 0 Å². The smallest absolute Gasteiger partial charge is 0.0419 e. The van der Waals surface area contributed by atoms with Crippen LogP contribution in [0.2, 0.25) is 0 Å². The molecule has 2 aromatic rings. The highest BCUT2D eigenvalue weighted by Crippen LogP contribution is 2.11. The van der Waals surface area contributed by atoms with Crippen LogP contribution in [0.1, 0.15) is 16.8 Å². The second kappa shape index (κ2) is 6.28. The summed E-state index contributed by atoms with van der Waals surface area (Å²) in [4.78, 5) is 4.33. The van der Waals surface area contributed by atoms with Gasteiger partial charge in [0.1, 0.15) is 0 Å². The van der Waals surface area contributed by atoms with Gasteiger partial charge >= 0.3 is 0 Å². The first-order valence-electron chi connectivity index (χ1n) is 6.20. The van der Waals surface area contributed by atoms with Crippen molar-refractivity contribution < 1.29 is 0 Å². The highest BCUT2D eigenvalue weighted by Gasteiger charge is 2.10. The van der Waals surface area contributed by atoms with E-state index in [-0.39, 0.29) is 6.04 Å². The predicted octanol–water partition coefficient (Wildman–Crippen LogP) is 2.01. The Morgan fingerprint density at radius 1 is 1.11 bits per heavy atom. The maximum absolute atomic E-state index is 5.64. The van der Waals surface area contributed by atoms with E-state index < -0.39 is 0 Å². The minimum absolute atomic E-state index is 0.209. The fourth-order valence-corrected chi connectivity index (χ4v) is 2.07. The minimum Gasteiger partial charge on any atom is -0.271 e. The van der Waals surface area contributed by atoms with E-state index in [1.54, 1.807) is 0 Å². The zero-order valence-electron chi connectivity index (χ0n) is 10.6. The first kappa shape index (κ1) is 12.7. The second-order valence-electron chi connectivity index (χ2n) is 4.52. The maximum atomic E-state index is 5.64. The number of nitrogens with one attached hydrogen (secondary N) is 1. The monoisotopic (exact) mass is 241 g/mol. The Balaban J connectivity index is 2.04. The van der Waals surface area contributed by atoms with Crippen molar-refractivity contribution in [2.45, 2.75) is 25.8 Å². The molecule has 94 valence electrons. The number of hydrogen-bond donors (Lipinski definition) is 2. The highest BCUT2D eigenvalue weighted by molar-refractivity contribution is 5.26. The van der Waals surface area contributed by atoms with E-state index in [0.717, 1.165) is 18.5 Å². The van der Waals surface area contributed by atoms with Gasteiger partial charge in [0.2, 0.25) is 0 Å². The second-order valence-corrected chi connectivity index (χ2v) is 4.52. The zero-order chi connectivity index (χ0) is 12.8. The van der Waals surface area contributed by atoms with Gasteiger partial charge in [-0.25, -0.2) is 0 Å². The van der Waals surface area contributed by atoms with Crippen LogP contribution in [0, 0.1) is 6.92 Å². The van der Waals surface area contributed by atoms with E-state index in [1.807, 2.05) is 24.4 Å². The lowest BCUT2D eigenvalue weighted by molar-refractivity contribution is 0.516. The number of nitrogens with two attached hydrogens (primary N) is 1. The first-order valence-corrected chi connectivity index (χ1v) is 6.20. The normalized spacial score (nSPS) is 12.3. The van der Waals surface area contributed by atoms with Crippen LogP contribution in [-0.4, -0.2) is 11.0 Å². The van der Waals surface area contributed by atoms with Gasteiger partial charge in [0.25, 0.3) is 0 Å². The van der Waals surface area contributed by atoms with Crippen LogP contribution < -0.4 is 11.3 Å². The molecule has 0 amide bonds. The molecule has 3 N–H and O–H groups in total. The molecule has 0 aliphatic carbocycles. The summed E-state index contributed by atoms with van der Waals surface area (Å²) in [6.45, 7) is 2.13. The molecular weight excluding hydrogens is 222 g/mol. The van der Waals surface area contributed by atoms with Crippen LogP contribution in [-0.2, 0) is 12.8 Å². The van der Waals surface area contributed by atoms with Gasteiger partial charge in [0.15, 0.2) is 0 Å². The van der Waals surface area contributed by atoms with Gasteiger partial charge in [-0.15, -0.1) is 0 Å². The van der Waals surface area contributed by atoms with Crippen molar-refractivity contribution in [3.05, 3.63) is 65.5 Å². The molecular formula is C15H19N3. The highest BCUT2D eigenvalue weighted by atomic mass is 15.2. The molecule has 1 aromatic heterocycles. The molecule has 2 rings (SSSR count). The van der Waals surface area contributed by atoms with Crippen LogP contribution in [0.5, 0.6) is 0 Å². The predicted molar refractivity (Wildman–Crippen MR) is 73.9 cm³/mol. The Morgan fingerprint density at radius 3 is 2.56 bits per heavy atom. The molecule has 0 aliphatic heterocycles. The van der Waals surface area contributed by atoms with E-state index in [9.17, 15) is 0 Å². The Labute approximate surface area is 108 Å². The first-order chi connectivity index (χ1) is 8.79. The van der Waals surface area contributed by atoms with Gasteiger partial charge in [-0.2, -0.15) is 0 Å². The topological polar surface area (TPSA) is 50.9 Å². The van der Waals surface area contributed by atoms with E-state index in [1.165, 1.54) is 11.1 Å². The molecule has 1 atom stereocenters. The summed E-state index contributed by atoms with van der Waals surface area (Å²) in [6.07, 6.45) is 3.57. The molecule has 0 bridgehead atoms. The number of pyridine rings is 1. The van der Waals surface area contributed by atoms with Crippen LogP contribution in [0.15, 0.2) is 48.7 Å². The number of hydrogen-bond acceptors (Lipinski definition) is 3. The van der Waals surface area contributed by atoms with E-state index in [4.69, 9.17) is 5.84 Å². The van der Waals surface area contributed by atoms with Crippen LogP contribution in [0.3, 0.4) is 0 Å². The molecule has 0 spiro atoms. The summed E-state index contributed by atoms with van der Waals surface area (Å²) in [6, 6.07) is 14.6. The summed E-state index contributed by atoms with van der Waals surface area (Å²) in [5.74, 6) is 5.64. The van der Waals surface area contributed by atoms with Crippen molar-refractivity contribution in [2.24, 2.45) is 5.84 Å². The molecule has 0 saturated carbocycles. The lowest BCUT2D eigenvalue weighted by Crippen LogP contribution is -2.38. The summed E-state index contributed by atoms with van der Waals surface area (Å²) in [7, 11) is 0. The van der Waals surface area contributed by atoms with Gasteiger partial charge < -0.3 is 0 Å². The quantitative estimate of drug-likeness (QED) is 0.622. The van der Waals surface area contributed by atoms with Crippen molar-refractivity contribution in [2.75, 3.05) is 0 Å². The molecule has 3 heteroatoms. The summed E-state index contributed by atoms with van der Waals surface area (Å²) in [5.41, 5.74) is 6.58. The molecule has 0 fully saturated rings. The van der Waals surface area contributed by atoms with Crippen molar-refractivity contribution in [3.63, 3.8) is 0 Å². The molecule has 1 aromatic carbocycles. The Morgan fingerprint density at radius 2 is 1.89 bits per heavy atom. The zero-order valence-corrected chi connectivity index (χ0v) is 10.6. The minimum atomic E-state index is 0.209. The largest absolute Gasteiger partial charge is 0.271 e. The summed E-state index contributed by atoms with van der Waals surface area (Å²) < 4.78 is 0. The average Bonchev–Trinajstić information content (AvgIpc) is 2.41. The Hall–Kier alpha value is -1.71. The van der Waals surface area contributed by atoms with Gasteiger partial charge in [-0.1, -0.05) is 30.3 Å². The van der Waals surface area contributed by atoms with Crippen molar-refractivity contribution in [1.29, 1.82) is 0 Å². The molecule has 1 heterocycles. The third-order valence-corrected chi connectivity index (χ3v) is 3.14. The summed E-state index contributed by atoms with van der Waals surface area (Å²) >= 11 is 0. The van der Waals surface area contributed by atoms with Gasteiger partial charge in [0, 0.05) is 24.4 Å². The Kier molecular flexibility index (Phi) is 4.45. The third kappa shape index (κ3) is 3.39. The fraction of sp³-hybridized carbons (Fsp3) is 0.267. The fourth-order valence-electron chi connectivity index (χ4n) is 2.07. The van der Waals surface area contributed by atoms with E-state index >= 15 is 0 Å². The van der Waals surface area contributed by atoms with Crippen LogP contribution >= 0.6 is 0 Å². The van der Waals surface area contributed by atoms with Crippen molar-refractivity contribution in [1.82, 2.24) is 10.4 Å². The van der Waals surface area contributed by atoms with Gasteiger partial charge in [-0.3, -0.25) is 16.3 Å². The molecule has 18 heavy (non-hydrogen) atoms. The lowest BCUT2D eigenvalue weighted by Gasteiger charge is -2.16. The third-order valence-electron chi connectivity index (χ3n) is 3.14. The van der Waals surface area contributed by atoms with E-state index in [2.05, 4.69) is 41.6 Å². The number of aryl methyl sites for hydroxylation is 1. The molecule has 0 saturated heterocycles. The average molecular weight is 241 g/mol. The lowest BCUT2D eigenvalue weighted by atomic mass is 9.98. The molecule has 0 aliphatic rings. The van der Waals surface area contributed by atoms with E-state index in [0.29, 0.717) is 0 Å². The molecule has 1 unspecified atom stereocenters. The Bertz CT molecular complexity index is 482. The molecule has 3 nitrogen and oxygen atoms in total. The van der Waals surface area contributed by atoms with Crippen LogP contribution in [0.25, 0.3) is 0 Å².